The third-order valence-electron chi connectivity index (χ3n) is 3.46. The zero-order chi connectivity index (χ0) is 18.5. The van der Waals surface area contributed by atoms with E-state index in [0.29, 0.717) is 16.0 Å². The lowest BCUT2D eigenvalue weighted by Gasteiger charge is -2.03. The van der Waals surface area contributed by atoms with Gasteiger partial charge in [-0.2, -0.15) is 0 Å². The minimum absolute atomic E-state index is 0.0911. The summed E-state index contributed by atoms with van der Waals surface area (Å²) in [6.45, 7) is 3.63. The number of aromatic nitrogens is 2. The van der Waals surface area contributed by atoms with Gasteiger partial charge in [-0.05, 0) is 5.56 Å². The highest BCUT2D eigenvalue weighted by Crippen LogP contribution is 2.28. The van der Waals surface area contributed by atoms with Crippen LogP contribution in [-0.2, 0) is 16.0 Å². The van der Waals surface area contributed by atoms with Gasteiger partial charge >= 0.3 is 0 Å². The third-order valence-corrected chi connectivity index (χ3v) is 5.23. The number of nitrogens with one attached hydrogen (secondary N) is 2. The van der Waals surface area contributed by atoms with Crippen molar-refractivity contribution >= 4 is 44.8 Å². The quantitative estimate of drug-likeness (QED) is 0.670. The number of amides is 2. The van der Waals surface area contributed by atoms with E-state index in [2.05, 4.69) is 20.6 Å². The standard InChI is InChI=1S/C18H18N4O2S2/c1-11(2)16(24)22-18-20-13(10-25-18)8-15(23)21-17-19-9-14(26-17)12-6-4-3-5-7-12/h3-7,9-11H,8H2,1-2H3,(H,19,21,23)(H,20,22,24). The maximum Gasteiger partial charge on any atom is 0.232 e. The van der Waals surface area contributed by atoms with Gasteiger partial charge in [0.25, 0.3) is 0 Å². The molecule has 3 aromatic rings. The van der Waals surface area contributed by atoms with Gasteiger partial charge in [-0.15, -0.1) is 11.3 Å². The van der Waals surface area contributed by atoms with Gasteiger partial charge in [0.15, 0.2) is 10.3 Å². The van der Waals surface area contributed by atoms with Crippen LogP contribution in [0.5, 0.6) is 0 Å². The zero-order valence-electron chi connectivity index (χ0n) is 14.4. The second-order valence-electron chi connectivity index (χ2n) is 5.91. The fraction of sp³-hybridized carbons (Fsp3) is 0.222. The molecular weight excluding hydrogens is 368 g/mol. The van der Waals surface area contributed by atoms with Crippen molar-refractivity contribution in [3.63, 3.8) is 0 Å². The molecule has 0 saturated heterocycles. The molecule has 0 atom stereocenters. The SMILES string of the molecule is CC(C)C(=O)Nc1nc(CC(=O)Nc2ncc(-c3ccccc3)s2)cs1. The molecule has 6 nitrogen and oxygen atoms in total. The van der Waals surface area contributed by atoms with E-state index in [1.165, 1.54) is 22.7 Å². The molecule has 0 spiro atoms. The number of nitrogens with zero attached hydrogens (tertiary/aromatic N) is 2. The third kappa shape index (κ3) is 4.74. The Morgan fingerprint density at radius 3 is 2.62 bits per heavy atom. The van der Waals surface area contributed by atoms with Crippen LogP contribution in [0.2, 0.25) is 0 Å². The molecule has 2 aromatic heterocycles. The number of carbonyl (C=O) groups is 2. The summed E-state index contributed by atoms with van der Waals surface area (Å²) in [6.07, 6.45) is 1.88. The number of thiazole rings is 2. The Labute approximate surface area is 159 Å². The van der Waals surface area contributed by atoms with Crippen molar-refractivity contribution in [2.45, 2.75) is 20.3 Å². The summed E-state index contributed by atoms with van der Waals surface area (Å²) in [5.41, 5.74) is 1.68. The lowest BCUT2D eigenvalue weighted by molar-refractivity contribution is -0.119. The average molecular weight is 387 g/mol. The van der Waals surface area contributed by atoms with Crippen LogP contribution >= 0.6 is 22.7 Å². The van der Waals surface area contributed by atoms with Crippen LogP contribution in [0.4, 0.5) is 10.3 Å². The first-order valence-corrected chi connectivity index (χ1v) is 9.77. The fourth-order valence-corrected chi connectivity index (χ4v) is 3.64. The molecule has 2 amide bonds. The summed E-state index contributed by atoms with van der Waals surface area (Å²) in [6, 6.07) is 9.89. The molecule has 0 unspecified atom stereocenters. The van der Waals surface area contributed by atoms with Crippen molar-refractivity contribution in [2.24, 2.45) is 5.92 Å². The molecule has 26 heavy (non-hydrogen) atoms. The minimum atomic E-state index is -0.189. The number of hydrogen-bond donors (Lipinski definition) is 2. The summed E-state index contributed by atoms with van der Waals surface area (Å²) in [5, 5.41) is 8.36. The van der Waals surface area contributed by atoms with Crippen LogP contribution in [0, 0.1) is 5.92 Å². The summed E-state index contributed by atoms with van der Waals surface area (Å²) >= 11 is 2.73. The van der Waals surface area contributed by atoms with Crippen LogP contribution < -0.4 is 10.6 Å². The van der Waals surface area contributed by atoms with Crippen molar-refractivity contribution in [3.05, 3.63) is 47.6 Å². The van der Waals surface area contributed by atoms with Gasteiger partial charge in [0.1, 0.15) is 0 Å². The number of anilines is 2. The number of hydrogen-bond acceptors (Lipinski definition) is 6. The lowest BCUT2D eigenvalue weighted by Crippen LogP contribution is -2.18. The Morgan fingerprint density at radius 1 is 1.12 bits per heavy atom. The predicted molar refractivity (Wildman–Crippen MR) is 105 cm³/mol. The summed E-state index contributed by atoms with van der Waals surface area (Å²) < 4.78 is 0. The van der Waals surface area contributed by atoms with E-state index in [1.807, 2.05) is 44.2 Å². The minimum Gasteiger partial charge on any atom is -0.302 e. The molecular formula is C18H18N4O2S2. The highest BCUT2D eigenvalue weighted by molar-refractivity contribution is 7.19. The lowest BCUT2D eigenvalue weighted by atomic mass is 10.2. The fourth-order valence-electron chi connectivity index (χ4n) is 2.09. The van der Waals surface area contributed by atoms with Crippen LogP contribution in [0.3, 0.4) is 0 Å². The van der Waals surface area contributed by atoms with E-state index >= 15 is 0 Å². The molecule has 134 valence electrons. The van der Waals surface area contributed by atoms with Crippen LogP contribution in [0.15, 0.2) is 41.9 Å². The maximum atomic E-state index is 12.2. The van der Waals surface area contributed by atoms with Gasteiger partial charge < -0.3 is 10.6 Å². The van der Waals surface area contributed by atoms with Gasteiger partial charge in [0, 0.05) is 17.5 Å². The monoisotopic (exact) mass is 386 g/mol. The van der Waals surface area contributed by atoms with E-state index in [9.17, 15) is 9.59 Å². The van der Waals surface area contributed by atoms with Crippen molar-refractivity contribution < 1.29 is 9.59 Å². The summed E-state index contributed by atoms with van der Waals surface area (Å²) in [5.74, 6) is -0.396. The average Bonchev–Trinajstić information content (AvgIpc) is 3.25. The molecule has 2 heterocycles. The molecule has 0 fully saturated rings. The number of benzene rings is 1. The van der Waals surface area contributed by atoms with Crippen LogP contribution in [-0.4, -0.2) is 21.8 Å². The van der Waals surface area contributed by atoms with Gasteiger partial charge in [-0.25, -0.2) is 9.97 Å². The molecule has 0 bridgehead atoms. The Bertz CT molecular complexity index is 903. The highest BCUT2D eigenvalue weighted by atomic mass is 32.1. The van der Waals surface area contributed by atoms with E-state index in [1.54, 1.807) is 11.6 Å². The van der Waals surface area contributed by atoms with Crippen LogP contribution in [0.1, 0.15) is 19.5 Å². The second kappa shape index (κ2) is 8.20. The number of rotatable bonds is 6. The summed E-state index contributed by atoms with van der Waals surface area (Å²) in [7, 11) is 0. The highest BCUT2D eigenvalue weighted by Gasteiger charge is 2.13. The molecule has 0 aliphatic rings. The molecule has 0 aliphatic heterocycles. The van der Waals surface area contributed by atoms with Crippen molar-refractivity contribution in [3.8, 4) is 10.4 Å². The van der Waals surface area contributed by atoms with Gasteiger partial charge in [0.2, 0.25) is 11.8 Å². The first kappa shape index (κ1) is 18.2. The van der Waals surface area contributed by atoms with Crippen LogP contribution in [0.25, 0.3) is 10.4 Å². The maximum absolute atomic E-state index is 12.2. The van der Waals surface area contributed by atoms with Crippen molar-refractivity contribution in [1.82, 2.24) is 9.97 Å². The van der Waals surface area contributed by atoms with Crippen molar-refractivity contribution in [2.75, 3.05) is 10.6 Å². The molecule has 0 radical (unpaired) electrons. The molecule has 1 aromatic carbocycles. The molecule has 0 aliphatic carbocycles. The largest absolute Gasteiger partial charge is 0.302 e. The van der Waals surface area contributed by atoms with E-state index in [0.717, 1.165) is 10.4 Å². The summed E-state index contributed by atoms with van der Waals surface area (Å²) in [4.78, 5) is 33.4. The number of carbonyl (C=O) groups excluding carboxylic acids is 2. The zero-order valence-corrected chi connectivity index (χ0v) is 16.0. The first-order chi connectivity index (χ1) is 12.5. The van der Waals surface area contributed by atoms with Gasteiger partial charge in [0.05, 0.1) is 17.0 Å². The van der Waals surface area contributed by atoms with E-state index < -0.39 is 0 Å². The predicted octanol–water partition coefficient (Wildman–Crippen LogP) is 4.04. The Kier molecular flexibility index (Phi) is 5.75. The topological polar surface area (TPSA) is 84.0 Å². The normalized spacial score (nSPS) is 10.7. The Hall–Kier alpha value is -2.58. The Morgan fingerprint density at radius 2 is 1.88 bits per heavy atom. The first-order valence-electron chi connectivity index (χ1n) is 8.07. The molecule has 3 rings (SSSR count). The van der Waals surface area contributed by atoms with Gasteiger partial charge in [-0.3, -0.25) is 9.59 Å². The van der Waals surface area contributed by atoms with E-state index in [4.69, 9.17) is 0 Å². The second-order valence-corrected chi connectivity index (χ2v) is 7.80. The molecule has 2 N–H and O–H groups in total. The Balaban J connectivity index is 1.57. The smallest absolute Gasteiger partial charge is 0.232 e. The van der Waals surface area contributed by atoms with Gasteiger partial charge in [-0.1, -0.05) is 55.5 Å². The molecule has 0 saturated carbocycles. The molecule has 8 heteroatoms. The van der Waals surface area contributed by atoms with E-state index in [-0.39, 0.29) is 24.2 Å². The van der Waals surface area contributed by atoms with Crippen molar-refractivity contribution in [1.29, 1.82) is 0 Å².